The van der Waals surface area contributed by atoms with E-state index in [1.807, 2.05) is 24.3 Å². The number of benzene rings is 1. The number of hydrogen-bond acceptors (Lipinski definition) is 3. The molecule has 1 saturated heterocycles. The largest absolute Gasteiger partial charge is 0.483 e. The van der Waals surface area contributed by atoms with Crippen molar-refractivity contribution in [1.29, 1.82) is 0 Å². The SMILES string of the molecule is Cc1cc(=O)c(C(=O)N2CCC(Cc3ccc(Cl)cc3)C2)c[nH]1.O=CO. The summed E-state index contributed by atoms with van der Waals surface area (Å²) in [5.41, 5.74) is 1.99. The molecule has 2 aromatic rings. The monoisotopic (exact) mass is 376 g/mol. The number of carbonyl (C=O) groups is 2. The second-order valence-corrected chi connectivity index (χ2v) is 6.67. The van der Waals surface area contributed by atoms with Crippen LogP contribution in [0.5, 0.6) is 0 Å². The molecule has 138 valence electrons. The molecule has 26 heavy (non-hydrogen) atoms. The minimum absolute atomic E-state index is 0.176. The molecule has 7 heteroatoms. The number of H-pyrrole nitrogens is 1. The van der Waals surface area contributed by atoms with Crippen molar-refractivity contribution in [2.24, 2.45) is 5.92 Å². The molecule has 1 aromatic heterocycles. The van der Waals surface area contributed by atoms with Crippen LogP contribution >= 0.6 is 11.6 Å². The van der Waals surface area contributed by atoms with Gasteiger partial charge >= 0.3 is 0 Å². The average molecular weight is 377 g/mol. The predicted molar refractivity (Wildman–Crippen MR) is 99.7 cm³/mol. The summed E-state index contributed by atoms with van der Waals surface area (Å²) in [6.07, 6.45) is 3.40. The van der Waals surface area contributed by atoms with Gasteiger partial charge in [-0.15, -0.1) is 0 Å². The van der Waals surface area contributed by atoms with Crippen molar-refractivity contribution in [3.05, 3.63) is 68.6 Å². The van der Waals surface area contributed by atoms with Gasteiger partial charge in [0.05, 0.1) is 0 Å². The van der Waals surface area contributed by atoms with E-state index < -0.39 is 0 Å². The molecular formula is C19H21ClN2O4. The van der Waals surface area contributed by atoms with Crippen LogP contribution in [0.15, 0.2) is 41.3 Å². The van der Waals surface area contributed by atoms with E-state index in [9.17, 15) is 9.59 Å². The smallest absolute Gasteiger partial charge is 0.290 e. The molecular weight excluding hydrogens is 356 g/mol. The zero-order chi connectivity index (χ0) is 19.1. The summed E-state index contributed by atoms with van der Waals surface area (Å²) in [4.78, 5) is 37.6. The van der Waals surface area contributed by atoms with E-state index in [1.54, 1.807) is 11.8 Å². The van der Waals surface area contributed by atoms with Crippen LogP contribution in [0.2, 0.25) is 5.02 Å². The Bertz CT molecular complexity index is 817. The van der Waals surface area contributed by atoms with Crippen molar-refractivity contribution < 1.29 is 14.7 Å². The number of aromatic amines is 1. The molecule has 1 amide bonds. The van der Waals surface area contributed by atoms with Crippen LogP contribution in [0.3, 0.4) is 0 Å². The number of carbonyl (C=O) groups excluding carboxylic acids is 1. The molecule has 6 nitrogen and oxygen atoms in total. The van der Waals surface area contributed by atoms with E-state index >= 15 is 0 Å². The third kappa shape index (κ3) is 5.20. The number of pyridine rings is 1. The molecule has 0 aliphatic carbocycles. The van der Waals surface area contributed by atoms with Crippen molar-refractivity contribution in [1.82, 2.24) is 9.88 Å². The summed E-state index contributed by atoms with van der Waals surface area (Å²) in [6.45, 7) is 2.94. The number of hydrogen-bond donors (Lipinski definition) is 2. The molecule has 0 bridgehead atoms. The van der Waals surface area contributed by atoms with E-state index in [1.165, 1.54) is 17.8 Å². The average Bonchev–Trinajstić information content (AvgIpc) is 3.06. The number of halogens is 1. The molecule has 0 saturated carbocycles. The van der Waals surface area contributed by atoms with Crippen LogP contribution in [-0.4, -0.2) is 40.5 Å². The molecule has 1 aromatic carbocycles. The quantitative estimate of drug-likeness (QED) is 0.806. The van der Waals surface area contributed by atoms with Crippen molar-refractivity contribution >= 4 is 24.0 Å². The van der Waals surface area contributed by atoms with E-state index in [2.05, 4.69) is 4.98 Å². The molecule has 1 aliphatic heterocycles. The third-order valence-corrected chi connectivity index (χ3v) is 4.55. The molecule has 2 heterocycles. The number of likely N-dealkylation sites (tertiary alicyclic amines) is 1. The zero-order valence-electron chi connectivity index (χ0n) is 14.4. The first-order valence-corrected chi connectivity index (χ1v) is 8.63. The Morgan fingerprint density at radius 2 is 2.04 bits per heavy atom. The van der Waals surface area contributed by atoms with Crippen molar-refractivity contribution in [2.75, 3.05) is 13.1 Å². The second-order valence-electron chi connectivity index (χ2n) is 6.24. The maximum atomic E-state index is 12.5. The lowest BCUT2D eigenvalue weighted by Gasteiger charge is -2.16. The summed E-state index contributed by atoms with van der Waals surface area (Å²) in [5, 5.41) is 7.62. The predicted octanol–water partition coefficient (Wildman–Crippen LogP) is 2.74. The van der Waals surface area contributed by atoms with Crippen LogP contribution in [-0.2, 0) is 11.2 Å². The lowest BCUT2D eigenvalue weighted by atomic mass is 9.99. The first-order valence-electron chi connectivity index (χ1n) is 8.25. The van der Waals surface area contributed by atoms with E-state index in [0.717, 1.165) is 23.6 Å². The Morgan fingerprint density at radius 3 is 2.65 bits per heavy atom. The molecule has 1 aliphatic rings. The fraction of sp³-hybridized carbons (Fsp3) is 0.316. The van der Waals surface area contributed by atoms with Gasteiger partial charge < -0.3 is 15.0 Å². The first kappa shape index (κ1) is 19.7. The van der Waals surface area contributed by atoms with Crippen molar-refractivity contribution in [3.8, 4) is 0 Å². The van der Waals surface area contributed by atoms with Gasteiger partial charge in [0.25, 0.3) is 12.4 Å². The van der Waals surface area contributed by atoms with Crippen LogP contribution in [0.4, 0.5) is 0 Å². The maximum Gasteiger partial charge on any atom is 0.290 e. The van der Waals surface area contributed by atoms with Gasteiger partial charge in [0, 0.05) is 36.1 Å². The van der Waals surface area contributed by atoms with Crippen LogP contribution in [0.25, 0.3) is 0 Å². The van der Waals surface area contributed by atoms with Crippen LogP contribution in [0, 0.1) is 12.8 Å². The van der Waals surface area contributed by atoms with E-state index in [-0.39, 0.29) is 23.4 Å². The van der Waals surface area contributed by atoms with Gasteiger partial charge in [-0.25, -0.2) is 0 Å². The standard InChI is InChI=1S/C18H19ClN2O2.CH2O2/c1-12-8-17(22)16(10-20-12)18(23)21-7-6-14(11-21)9-13-2-4-15(19)5-3-13;2-1-3/h2-5,8,10,14H,6-7,9,11H2,1H3,(H,20,22);1H,(H,2,3). The molecule has 1 fully saturated rings. The number of nitrogens with one attached hydrogen (secondary N) is 1. The number of aryl methyl sites for hydroxylation is 1. The normalized spacial score (nSPS) is 15.9. The molecule has 0 radical (unpaired) electrons. The minimum atomic E-state index is -0.250. The third-order valence-electron chi connectivity index (χ3n) is 4.30. The van der Waals surface area contributed by atoms with Gasteiger partial charge in [0.1, 0.15) is 5.56 Å². The van der Waals surface area contributed by atoms with Crippen molar-refractivity contribution in [2.45, 2.75) is 19.8 Å². The summed E-state index contributed by atoms with van der Waals surface area (Å²) in [7, 11) is 0. The Labute approximate surface area is 156 Å². The number of nitrogens with zero attached hydrogens (tertiary/aromatic N) is 1. The summed E-state index contributed by atoms with van der Waals surface area (Å²) in [6, 6.07) is 9.30. The first-order chi connectivity index (χ1) is 12.4. The van der Waals surface area contributed by atoms with Crippen LogP contribution in [0.1, 0.15) is 28.0 Å². The number of carboxylic acid groups (broad SMARTS) is 1. The van der Waals surface area contributed by atoms with Gasteiger partial charge in [-0.2, -0.15) is 0 Å². The maximum absolute atomic E-state index is 12.5. The summed E-state index contributed by atoms with van der Waals surface area (Å²) >= 11 is 5.90. The van der Waals surface area contributed by atoms with Gasteiger partial charge in [-0.05, 0) is 43.4 Å². The molecule has 0 spiro atoms. The summed E-state index contributed by atoms with van der Waals surface area (Å²) < 4.78 is 0. The zero-order valence-corrected chi connectivity index (χ0v) is 15.2. The Kier molecular flexibility index (Phi) is 6.97. The molecule has 1 atom stereocenters. The highest BCUT2D eigenvalue weighted by Crippen LogP contribution is 2.22. The number of aromatic nitrogens is 1. The highest BCUT2D eigenvalue weighted by Gasteiger charge is 2.28. The number of rotatable bonds is 3. The van der Waals surface area contributed by atoms with Crippen molar-refractivity contribution in [3.63, 3.8) is 0 Å². The molecule has 1 unspecified atom stereocenters. The molecule has 3 rings (SSSR count). The molecule has 2 N–H and O–H groups in total. The fourth-order valence-corrected chi connectivity index (χ4v) is 3.17. The van der Waals surface area contributed by atoms with Crippen LogP contribution < -0.4 is 5.43 Å². The lowest BCUT2D eigenvalue weighted by molar-refractivity contribution is -0.122. The fourth-order valence-electron chi connectivity index (χ4n) is 3.05. The van der Waals surface area contributed by atoms with Gasteiger partial charge in [0.2, 0.25) is 0 Å². The van der Waals surface area contributed by atoms with Gasteiger partial charge in [-0.1, -0.05) is 23.7 Å². The summed E-state index contributed by atoms with van der Waals surface area (Å²) in [5.74, 6) is 0.245. The van der Waals surface area contributed by atoms with E-state index in [4.69, 9.17) is 21.5 Å². The van der Waals surface area contributed by atoms with Gasteiger partial charge in [0.15, 0.2) is 5.43 Å². The second kappa shape index (κ2) is 9.20. The minimum Gasteiger partial charge on any atom is -0.483 e. The topological polar surface area (TPSA) is 90.5 Å². The number of amides is 1. The lowest BCUT2D eigenvalue weighted by Crippen LogP contribution is -2.32. The Morgan fingerprint density at radius 1 is 1.38 bits per heavy atom. The Balaban J connectivity index is 0.000000758. The highest BCUT2D eigenvalue weighted by atomic mass is 35.5. The van der Waals surface area contributed by atoms with Gasteiger partial charge in [-0.3, -0.25) is 14.4 Å². The Hall–Kier alpha value is -2.60. The van der Waals surface area contributed by atoms with E-state index in [0.29, 0.717) is 19.0 Å². The highest BCUT2D eigenvalue weighted by molar-refractivity contribution is 6.30.